The number of carbonyl (C=O) groups excluding carboxylic acids is 2. The van der Waals surface area contributed by atoms with Crippen molar-refractivity contribution in [2.24, 2.45) is 5.92 Å². The molecule has 0 saturated carbocycles. The molecule has 2 fully saturated rings. The van der Waals surface area contributed by atoms with E-state index < -0.39 is 0 Å². The van der Waals surface area contributed by atoms with E-state index in [1.54, 1.807) is 35.5 Å². The van der Waals surface area contributed by atoms with Gasteiger partial charge < -0.3 is 14.7 Å². The molecule has 1 aromatic carbocycles. The van der Waals surface area contributed by atoms with Gasteiger partial charge in [0, 0.05) is 57.2 Å². The highest BCUT2D eigenvalue weighted by Gasteiger charge is 2.33. The van der Waals surface area contributed by atoms with E-state index in [0.29, 0.717) is 56.3 Å². The molecule has 0 aliphatic carbocycles. The summed E-state index contributed by atoms with van der Waals surface area (Å²) in [6.07, 6.45) is 4.93. The molecule has 5 rings (SSSR count). The Morgan fingerprint density at radius 2 is 1.82 bits per heavy atom. The second kappa shape index (κ2) is 9.62. The Morgan fingerprint density at radius 3 is 2.59 bits per heavy atom. The van der Waals surface area contributed by atoms with Gasteiger partial charge in [-0.1, -0.05) is 12.1 Å². The Balaban J connectivity index is 1.19. The number of nitrogens with one attached hydrogen (secondary N) is 1. The highest BCUT2D eigenvalue weighted by Crippen LogP contribution is 2.24. The molecule has 176 valence electrons. The molecular weight excluding hydrogens is 435 g/mol. The number of carbonyl (C=O) groups is 2. The number of nitrogens with zero attached hydrogens (tertiary/aromatic N) is 5. The molecule has 2 saturated heterocycles. The fraction of sp³-hybridized carbons (Fsp3) is 0.360. The number of para-hydroxylation sites is 1. The third kappa shape index (κ3) is 4.50. The van der Waals surface area contributed by atoms with Gasteiger partial charge in [-0.15, -0.1) is 0 Å². The average Bonchev–Trinajstić information content (AvgIpc) is 3.39. The first-order chi connectivity index (χ1) is 16.6. The van der Waals surface area contributed by atoms with E-state index in [1.165, 1.54) is 6.07 Å². The largest absolute Gasteiger partial charge is 0.366 e. The minimum Gasteiger partial charge on any atom is -0.366 e. The van der Waals surface area contributed by atoms with Crippen LogP contribution in [0.5, 0.6) is 0 Å². The number of hydrogen-bond donors (Lipinski definition) is 1. The third-order valence-electron chi connectivity index (χ3n) is 6.61. The molecule has 2 aliphatic heterocycles. The van der Waals surface area contributed by atoms with Crippen molar-refractivity contribution in [1.29, 1.82) is 0 Å². The van der Waals surface area contributed by atoms with Gasteiger partial charge in [-0.2, -0.15) is 5.10 Å². The summed E-state index contributed by atoms with van der Waals surface area (Å²) in [5.41, 5.74) is 2.48. The molecule has 0 spiro atoms. The molecule has 0 radical (unpaired) electrons. The summed E-state index contributed by atoms with van der Waals surface area (Å²) in [5, 5.41) is 7.08. The summed E-state index contributed by atoms with van der Waals surface area (Å²) in [5.74, 6) is -0.538. The van der Waals surface area contributed by atoms with E-state index in [2.05, 4.69) is 15.2 Å². The minimum atomic E-state index is -0.241. The summed E-state index contributed by atoms with van der Waals surface area (Å²) in [4.78, 5) is 36.0. The summed E-state index contributed by atoms with van der Waals surface area (Å²) in [7, 11) is 0. The standard InChI is InChI=1S/C25H27FN6O2/c26-20-7-1-2-8-23(20)30-11-13-31(14-12-30)24(33)19-6-4-10-32(17-19)25(34)22-15-21(28-29-22)18-5-3-9-27-16-18/h1-3,5,7-9,15-16,19H,4,6,10-14,17H2,(H,28,29)/t19-/m0/s1. The van der Waals surface area contributed by atoms with Crippen LogP contribution in [-0.4, -0.2) is 76.1 Å². The monoisotopic (exact) mass is 462 g/mol. The summed E-state index contributed by atoms with van der Waals surface area (Å²) in [6.45, 7) is 3.29. The van der Waals surface area contributed by atoms with Gasteiger partial charge in [0.15, 0.2) is 0 Å². The maximum absolute atomic E-state index is 14.1. The van der Waals surface area contributed by atoms with Crippen molar-refractivity contribution in [2.75, 3.05) is 44.2 Å². The lowest BCUT2D eigenvalue weighted by molar-refractivity contribution is -0.137. The van der Waals surface area contributed by atoms with Crippen molar-refractivity contribution in [3.8, 4) is 11.3 Å². The number of piperazine rings is 1. The quantitative estimate of drug-likeness (QED) is 0.645. The molecule has 1 atom stereocenters. The molecule has 1 N–H and O–H groups in total. The van der Waals surface area contributed by atoms with Gasteiger partial charge in [-0.05, 0) is 43.2 Å². The van der Waals surface area contributed by atoms with Gasteiger partial charge in [-0.25, -0.2) is 4.39 Å². The number of H-pyrrole nitrogens is 1. The van der Waals surface area contributed by atoms with Gasteiger partial charge in [0.25, 0.3) is 5.91 Å². The molecule has 9 heteroatoms. The number of anilines is 1. The molecule has 4 heterocycles. The van der Waals surface area contributed by atoms with Gasteiger partial charge in [0.2, 0.25) is 5.91 Å². The van der Waals surface area contributed by atoms with Crippen molar-refractivity contribution >= 4 is 17.5 Å². The molecular formula is C25H27FN6O2. The molecule has 0 unspecified atom stereocenters. The van der Waals surface area contributed by atoms with Crippen LogP contribution in [0.15, 0.2) is 54.9 Å². The van der Waals surface area contributed by atoms with E-state index in [4.69, 9.17) is 0 Å². The Kier molecular flexibility index (Phi) is 6.24. The number of halogens is 1. The van der Waals surface area contributed by atoms with Gasteiger partial charge in [-0.3, -0.25) is 19.7 Å². The lowest BCUT2D eigenvalue weighted by Gasteiger charge is -2.39. The topological polar surface area (TPSA) is 85.4 Å². The van der Waals surface area contributed by atoms with Crippen LogP contribution in [0.3, 0.4) is 0 Å². The number of benzene rings is 1. The summed E-state index contributed by atoms with van der Waals surface area (Å²) < 4.78 is 14.1. The molecule has 2 aromatic heterocycles. The molecule has 34 heavy (non-hydrogen) atoms. The Hall–Kier alpha value is -3.75. The number of likely N-dealkylation sites (tertiary alicyclic amines) is 1. The lowest BCUT2D eigenvalue weighted by Crippen LogP contribution is -2.53. The van der Waals surface area contributed by atoms with Crippen LogP contribution in [0.2, 0.25) is 0 Å². The van der Waals surface area contributed by atoms with Gasteiger partial charge >= 0.3 is 0 Å². The van der Waals surface area contributed by atoms with Crippen LogP contribution in [0.25, 0.3) is 11.3 Å². The summed E-state index contributed by atoms with van der Waals surface area (Å²) >= 11 is 0. The maximum Gasteiger partial charge on any atom is 0.271 e. The Bertz CT molecular complexity index is 1160. The predicted octanol–water partition coefficient (Wildman–Crippen LogP) is 2.81. The third-order valence-corrected chi connectivity index (χ3v) is 6.61. The Morgan fingerprint density at radius 1 is 1.00 bits per heavy atom. The zero-order valence-corrected chi connectivity index (χ0v) is 18.9. The SMILES string of the molecule is O=C(c1cc(-c2cccnc2)n[nH]1)N1CCC[C@H](C(=O)N2CCN(c3ccccc3F)CC2)C1. The second-order valence-electron chi connectivity index (χ2n) is 8.76. The normalized spacial score (nSPS) is 18.7. The lowest BCUT2D eigenvalue weighted by atomic mass is 9.95. The van der Waals surface area contributed by atoms with E-state index in [1.807, 2.05) is 28.0 Å². The van der Waals surface area contributed by atoms with E-state index in [0.717, 1.165) is 18.4 Å². The fourth-order valence-electron chi connectivity index (χ4n) is 4.76. The fourth-order valence-corrected chi connectivity index (χ4v) is 4.76. The number of amides is 2. The number of pyridine rings is 1. The van der Waals surface area contributed by atoms with Gasteiger partial charge in [0.05, 0.1) is 17.3 Å². The highest BCUT2D eigenvalue weighted by atomic mass is 19.1. The van der Waals surface area contributed by atoms with Crippen molar-refractivity contribution in [1.82, 2.24) is 25.0 Å². The van der Waals surface area contributed by atoms with E-state index in [9.17, 15) is 14.0 Å². The maximum atomic E-state index is 14.1. The van der Waals surface area contributed by atoms with Crippen LogP contribution < -0.4 is 4.90 Å². The van der Waals surface area contributed by atoms with Crippen LogP contribution in [0.1, 0.15) is 23.3 Å². The first-order valence-electron chi connectivity index (χ1n) is 11.6. The predicted molar refractivity (Wildman–Crippen MR) is 126 cm³/mol. The first-order valence-corrected chi connectivity index (χ1v) is 11.6. The number of aromatic nitrogens is 3. The number of rotatable bonds is 4. The van der Waals surface area contributed by atoms with Crippen molar-refractivity contribution in [2.45, 2.75) is 12.8 Å². The van der Waals surface area contributed by atoms with Crippen LogP contribution in [0, 0.1) is 11.7 Å². The molecule has 3 aromatic rings. The molecule has 8 nitrogen and oxygen atoms in total. The Labute approximate surface area is 197 Å². The van der Waals surface area contributed by atoms with Crippen molar-refractivity contribution in [3.63, 3.8) is 0 Å². The van der Waals surface area contributed by atoms with Crippen LogP contribution in [-0.2, 0) is 4.79 Å². The van der Waals surface area contributed by atoms with Crippen molar-refractivity contribution in [3.05, 3.63) is 66.4 Å². The first kappa shape index (κ1) is 22.1. The minimum absolute atomic E-state index is 0.0753. The smallest absolute Gasteiger partial charge is 0.271 e. The molecule has 0 bridgehead atoms. The highest BCUT2D eigenvalue weighted by molar-refractivity contribution is 5.94. The summed E-state index contributed by atoms with van der Waals surface area (Å²) in [6, 6.07) is 12.2. The second-order valence-corrected chi connectivity index (χ2v) is 8.76. The van der Waals surface area contributed by atoms with Crippen LogP contribution in [0.4, 0.5) is 10.1 Å². The zero-order chi connectivity index (χ0) is 23.5. The molecule has 2 aliphatic rings. The van der Waals surface area contributed by atoms with E-state index >= 15 is 0 Å². The molecule has 2 amide bonds. The number of piperidine rings is 1. The number of aromatic amines is 1. The number of hydrogen-bond acceptors (Lipinski definition) is 5. The van der Waals surface area contributed by atoms with Gasteiger partial charge in [0.1, 0.15) is 11.5 Å². The zero-order valence-electron chi connectivity index (χ0n) is 18.9. The average molecular weight is 463 g/mol. The van der Waals surface area contributed by atoms with E-state index in [-0.39, 0.29) is 23.5 Å². The van der Waals surface area contributed by atoms with Crippen LogP contribution >= 0.6 is 0 Å². The van der Waals surface area contributed by atoms with Crippen molar-refractivity contribution < 1.29 is 14.0 Å².